The Kier molecular flexibility index (Phi) is 3.40. The molecule has 0 aliphatic heterocycles. The first-order valence-electron chi connectivity index (χ1n) is 3.66. The number of hydrogen-bond donors (Lipinski definition) is 0. The third-order valence-electron chi connectivity index (χ3n) is 1.22. The van der Waals surface area contributed by atoms with Crippen LogP contribution in [-0.4, -0.2) is 12.8 Å². The minimum atomic E-state index is -0.788. The standard InChI is InChI=1S/C10H8O3/c1-2-8-12-10(11)13-9-6-4-3-5-7-9/h1,3-7H,8H2. The van der Waals surface area contributed by atoms with Gasteiger partial charge in [-0.25, -0.2) is 4.79 Å². The fourth-order valence-corrected chi connectivity index (χ4v) is 0.715. The van der Waals surface area contributed by atoms with E-state index in [4.69, 9.17) is 11.2 Å². The Bertz CT molecular complexity index is 311. The van der Waals surface area contributed by atoms with Crippen LogP contribution in [0.2, 0.25) is 0 Å². The average molecular weight is 176 g/mol. The monoisotopic (exact) mass is 176 g/mol. The molecule has 1 aromatic carbocycles. The summed E-state index contributed by atoms with van der Waals surface area (Å²) in [5.74, 6) is 2.60. The van der Waals surface area contributed by atoms with Crippen LogP contribution in [0.25, 0.3) is 0 Å². The van der Waals surface area contributed by atoms with Crippen molar-refractivity contribution in [1.82, 2.24) is 0 Å². The molecule has 0 heterocycles. The van der Waals surface area contributed by atoms with Crippen LogP contribution in [-0.2, 0) is 4.74 Å². The third kappa shape index (κ3) is 3.30. The SMILES string of the molecule is C#CCOC(=O)Oc1ccccc1. The molecule has 66 valence electrons. The van der Waals surface area contributed by atoms with Gasteiger partial charge < -0.3 is 9.47 Å². The lowest BCUT2D eigenvalue weighted by atomic mass is 10.3. The highest BCUT2D eigenvalue weighted by Crippen LogP contribution is 2.08. The second kappa shape index (κ2) is 4.83. The predicted octanol–water partition coefficient (Wildman–Crippen LogP) is 1.84. The van der Waals surface area contributed by atoms with Crippen molar-refractivity contribution in [1.29, 1.82) is 0 Å². The highest BCUT2D eigenvalue weighted by atomic mass is 16.7. The summed E-state index contributed by atoms with van der Waals surface area (Å²) in [6.45, 7) is -0.0777. The van der Waals surface area contributed by atoms with Crippen molar-refractivity contribution < 1.29 is 14.3 Å². The largest absolute Gasteiger partial charge is 0.514 e. The Morgan fingerprint density at radius 3 is 2.69 bits per heavy atom. The van der Waals surface area contributed by atoms with Crippen molar-refractivity contribution >= 4 is 6.16 Å². The molecule has 13 heavy (non-hydrogen) atoms. The first-order valence-corrected chi connectivity index (χ1v) is 3.66. The van der Waals surface area contributed by atoms with Gasteiger partial charge in [-0.05, 0) is 12.1 Å². The molecule has 1 aromatic rings. The molecule has 0 aromatic heterocycles. The van der Waals surface area contributed by atoms with Gasteiger partial charge in [-0.2, -0.15) is 0 Å². The van der Waals surface area contributed by atoms with E-state index in [9.17, 15) is 4.79 Å². The van der Waals surface area contributed by atoms with E-state index in [-0.39, 0.29) is 6.61 Å². The van der Waals surface area contributed by atoms with Crippen molar-refractivity contribution in [3.63, 3.8) is 0 Å². The van der Waals surface area contributed by atoms with Gasteiger partial charge in [0.05, 0.1) is 0 Å². The summed E-state index contributed by atoms with van der Waals surface area (Å²) in [7, 11) is 0. The molecule has 0 N–H and O–H groups in total. The number of rotatable bonds is 2. The van der Waals surface area contributed by atoms with E-state index in [1.807, 2.05) is 6.07 Å². The lowest BCUT2D eigenvalue weighted by molar-refractivity contribution is 0.111. The quantitative estimate of drug-likeness (QED) is 0.392. The van der Waals surface area contributed by atoms with Crippen molar-refractivity contribution in [2.24, 2.45) is 0 Å². The van der Waals surface area contributed by atoms with Crippen LogP contribution in [0.15, 0.2) is 30.3 Å². The van der Waals surface area contributed by atoms with Gasteiger partial charge in [0.15, 0.2) is 6.61 Å². The van der Waals surface area contributed by atoms with Gasteiger partial charge in [-0.1, -0.05) is 24.1 Å². The molecule has 0 unspecified atom stereocenters. The van der Waals surface area contributed by atoms with Crippen LogP contribution in [0.3, 0.4) is 0 Å². The number of terminal acetylenes is 1. The maximum atomic E-state index is 10.8. The summed E-state index contributed by atoms with van der Waals surface area (Å²) in [6, 6.07) is 8.63. The van der Waals surface area contributed by atoms with Crippen molar-refractivity contribution in [3.8, 4) is 18.1 Å². The van der Waals surface area contributed by atoms with Crippen LogP contribution in [0.1, 0.15) is 0 Å². The van der Waals surface area contributed by atoms with Crippen molar-refractivity contribution in [2.45, 2.75) is 0 Å². The topological polar surface area (TPSA) is 35.5 Å². The van der Waals surface area contributed by atoms with E-state index in [0.29, 0.717) is 5.75 Å². The molecule has 0 aliphatic rings. The van der Waals surface area contributed by atoms with Crippen molar-refractivity contribution in [2.75, 3.05) is 6.61 Å². The lowest BCUT2D eigenvalue weighted by Gasteiger charge is -2.01. The maximum Gasteiger partial charge on any atom is 0.514 e. The smallest absolute Gasteiger partial charge is 0.421 e. The van der Waals surface area contributed by atoms with E-state index < -0.39 is 6.16 Å². The zero-order chi connectivity index (χ0) is 9.52. The first kappa shape index (κ1) is 9.14. The molecule has 0 bridgehead atoms. The number of hydrogen-bond acceptors (Lipinski definition) is 3. The molecular formula is C10H8O3. The second-order valence-corrected chi connectivity index (χ2v) is 2.16. The summed E-state index contributed by atoms with van der Waals surface area (Å²) in [5, 5.41) is 0. The number of ether oxygens (including phenoxy) is 2. The van der Waals surface area contributed by atoms with Crippen LogP contribution in [0, 0.1) is 12.3 Å². The van der Waals surface area contributed by atoms with E-state index in [1.165, 1.54) is 0 Å². The average Bonchev–Trinajstić information content (AvgIpc) is 2.16. The predicted molar refractivity (Wildman–Crippen MR) is 47.3 cm³/mol. The summed E-state index contributed by atoms with van der Waals surface area (Å²) >= 11 is 0. The molecule has 0 amide bonds. The highest BCUT2D eigenvalue weighted by Gasteiger charge is 2.02. The Morgan fingerprint density at radius 1 is 1.38 bits per heavy atom. The summed E-state index contributed by atoms with van der Waals surface area (Å²) < 4.78 is 9.26. The number of carbonyl (C=O) groups is 1. The van der Waals surface area contributed by atoms with Crippen LogP contribution in [0.5, 0.6) is 5.75 Å². The van der Waals surface area contributed by atoms with Gasteiger partial charge in [-0.3, -0.25) is 0 Å². The molecule has 0 atom stereocenters. The molecule has 0 radical (unpaired) electrons. The Morgan fingerprint density at radius 2 is 2.08 bits per heavy atom. The van der Waals surface area contributed by atoms with E-state index in [1.54, 1.807) is 24.3 Å². The Labute approximate surface area is 76.3 Å². The molecule has 0 spiro atoms. The molecule has 1 rings (SSSR count). The minimum Gasteiger partial charge on any atom is -0.421 e. The molecular weight excluding hydrogens is 168 g/mol. The van der Waals surface area contributed by atoms with Gasteiger partial charge in [0.2, 0.25) is 0 Å². The molecule has 0 aliphatic carbocycles. The Balaban J connectivity index is 2.42. The van der Waals surface area contributed by atoms with Gasteiger partial charge in [0.25, 0.3) is 0 Å². The van der Waals surface area contributed by atoms with E-state index >= 15 is 0 Å². The molecule has 0 saturated heterocycles. The summed E-state index contributed by atoms with van der Waals surface area (Å²) in [4.78, 5) is 10.8. The first-order chi connectivity index (χ1) is 6.33. The second-order valence-electron chi connectivity index (χ2n) is 2.16. The molecule has 3 heteroatoms. The van der Waals surface area contributed by atoms with Crippen LogP contribution >= 0.6 is 0 Å². The summed E-state index contributed by atoms with van der Waals surface area (Å²) in [6.07, 6.45) is 4.10. The van der Waals surface area contributed by atoms with Crippen LogP contribution < -0.4 is 4.74 Å². The molecule has 0 saturated carbocycles. The van der Waals surface area contributed by atoms with E-state index in [2.05, 4.69) is 10.7 Å². The normalized spacial score (nSPS) is 8.54. The third-order valence-corrected chi connectivity index (χ3v) is 1.22. The van der Waals surface area contributed by atoms with Gasteiger partial charge in [0.1, 0.15) is 5.75 Å². The zero-order valence-electron chi connectivity index (χ0n) is 6.90. The molecule has 0 fully saturated rings. The van der Waals surface area contributed by atoms with Gasteiger partial charge in [0, 0.05) is 0 Å². The fraction of sp³-hybridized carbons (Fsp3) is 0.100. The number of para-hydroxylation sites is 1. The number of benzene rings is 1. The maximum absolute atomic E-state index is 10.8. The lowest BCUT2D eigenvalue weighted by Crippen LogP contribution is -2.10. The fourth-order valence-electron chi connectivity index (χ4n) is 0.715. The number of carbonyl (C=O) groups excluding carboxylic acids is 1. The zero-order valence-corrected chi connectivity index (χ0v) is 6.90. The molecule has 3 nitrogen and oxygen atoms in total. The van der Waals surface area contributed by atoms with Gasteiger partial charge in [-0.15, -0.1) is 6.42 Å². The Hall–Kier alpha value is -1.95. The van der Waals surface area contributed by atoms with Crippen molar-refractivity contribution in [3.05, 3.63) is 30.3 Å². The summed E-state index contributed by atoms with van der Waals surface area (Å²) in [5.41, 5.74) is 0. The van der Waals surface area contributed by atoms with Crippen LogP contribution in [0.4, 0.5) is 4.79 Å². The van der Waals surface area contributed by atoms with Gasteiger partial charge >= 0.3 is 6.16 Å². The van der Waals surface area contributed by atoms with E-state index in [0.717, 1.165) is 0 Å². The highest BCUT2D eigenvalue weighted by molar-refractivity contribution is 5.63. The minimum absolute atomic E-state index is 0.0777.